The van der Waals surface area contributed by atoms with Gasteiger partial charge in [-0.3, -0.25) is 9.59 Å². The molecule has 3 aromatic heterocycles. The number of carbonyl (C=O) groups excluding carboxylic acids is 2. The molecule has 10 heteroatoms. The van der Waals surface area contributed by atoms with Crippen molar-refractivity contribution in [2.75, 3.05) is 13.1 Å². The number of hydrogen-bond donors (Lipinski definition) is 1. The van der Waals surface area contributed by atoms with Gasteiger partial charge < -0.3 is 10.6 Å². The van der Waals surface area contributed by atoms with E-state index in [-0.39, 0.29) is 30.0 Å². The molecular weight excluding hydrogens is 404 g/mol. The average molecular weight is 429 g/mol. The number of nitrogens with two attached hydrogens (primary N) is 1. The Morgan fingerprint density at radius 2 is 2.03 bits per heavy atom. The van der Waals surface area contributed by atoms with Crippen molar-refractivity contribution in [3.8, 4) is 0 Å². The predicted molar refractivity (Wildman–Crippen MR) is 112 cm³/mol. The molecule has 1 saturated heterocycles. The van der Waals surface area contributed by atoms with E-state index in [9.17, 15) is 14.4 Å². The summed E-state index contributed by atoms with van der Waals surface area (Å²) in [5.41, 5.74) is 6.84. The van der Waals surface area contributed by atoms with Gasteiger partial charge in [0, 0.05) is 23.9 Å². The molecule has 5 rings (SSSR count). The molecule has 2 aliphatic rings. The monoisotopic (exact) mass is 428 g/mol. The summed E-state index contributed by atoms with van der Waals surface area (Å²) < 4.78 is 2.68. The highest BCUT2D eigenvalue weighted by atomic mass is 32.1. The molecule has 1 fully saturated rings. The van der Waals surface area contributed by atoms with Crippen molar-refractivity contribution in [2.24, 2.45) is 17.6 Å². The van der Waals surface area contributed by atoms with E-state index in [1.165, 1.54) is 25.9 Å². The number of aromatic nitrogens is 4. The Morgan fingerprint density at radius 1 is 1.27 bits per heavy atom. The topological polar surface area (TPSA) is 116 Å². The summed E-state index contributed by atoms with van der Waals surface area (Å²) in [7, 11) is 0. The smallest absolute Gasteiger partial charge is 0.352 e. The number of carbonyl (C=O) groups is 2. The maximum absolute atomic E-state index is 12.9. The van der Waals surface area contributed by atoms with Crippen molar-refractivity contribution >= 4 is 39.0 Å². The Balaban J connectivity index is 1.45. The Labute approximate surface area is 176 Å². The summed E-state index contributed by atoms with van der Waals surface area (Å²) in [5.74, 6) is -0.0195. The van der Waals surface area contributed by atoms with E-state index in [0.717, 1.165) is 29.5 Å². The van der Waals surface area contributed by atoms with E-state index in [0.29, 0.717) is 37.5 Å². The van der Waals surface area contributed by atoms with E-state index >= 15 is 0 Å². The Bertz CT molecular complexity index is 1220. The van der Waals surface area contributed by atoms with Crippen molar-refractivity contribution in [1.29, 1.82) is 0 Å². The summed E-state index contributed by atoms with van der Waals surface area (Å²) >= 11 is 1.68. The number of thiophene rings is 1. The second-order valence-corrected chi connectivity index (χ2v) is 9.55. The number of likely N-dealkylation sites (tertiary alicyclic amines) is 1. The first-order valence-corrected chi connectivity index (χ1v) is 11.2. The standard InChI is InChI=1S/C20H24N6O3S/c1-11-2-3-13-14(8-11)30-19-16(13)18-23-26(20(29)25(18)10-22-19)9-15(27)24-6-4-12(5-7-24)17(21)28/h10-12H,2-9H2,1H3,(H2,21,28)/t11-/m1/s1. The van der Waals surface area contributed by atoms with Gasteiger partial charge in [0.15, 0.2) is 5.65 Å². The number of aryl methyl sites for hydroxylation is 1. The highest BCUT2D eigenvalue weighted by Gasteiger charge is 2.28. The van der Waals surface area contributed by atoms with Crippen LogP contribution in [0.25, 0.3) is 15.9 Å². The summed E-state index contributed by atoms with van der Waals surface area (Å²) in [5, 5.41) is 5.48. The maximum atomic E-state index is 12.9. The summed E-state index contributed by atoms with van der Waals surface area (Å²) in [6, 6.07) is 0. The predicted octanol–water partition coefficient (Wildman–Crippen LogP) is 0.954. The number of fused-ring (bicyclic) bond motifs is 5. The summed E-state index contributed by atoms with van der Waals surface area (Å²) in [6.07, 6.45) is 5.75. The minimum absolute atomic E-state index is 0.118. The Kier molecular flexibility index (Phi) is 4.61. The molecule has 0 unspecified atom stereocenters. The van der Waals surface area contributed by atoms with E-state index in [2.05, 4.69) is 17.0 Å². The highest BCUT2D eigenvalue weighted by molar-refractivity contribution is 7.19. The molecule has 0 spiro atoms. The SMILES string of the molecule is C[C@@H]1CCc2c(sc3ncn4c(=O)n(CC(=O)N5CCC(C(N)=O)CC5)nc4c23)C1. The molecular formula is C20H24N6O3S. The van der Waals surface area contributed by atoms with Gasteiger partial charge in [-0.1, -0.05) is 6.92 Å². The second kappa shape index (κ2) is 7.19. The minimum Gasteiger partial charge on any atom is -0.369 e. The summed E-state index contributed by atoms with van der Waals surface area (Å²) in [6.45, 7) is 3.08. The lowest BCUT2D eigenvalue weighted by molar-refractivity contribution is -0.135. The van der Waals surface area contributed by atoms with Crippen LogP contribution in [-0.4, -0.2) is 49.0 Å². The van der Waals surface area contributed by atoms with Gasteiger partial charge in [0.25, 0.3) is 0 Å². The Hall–Kier alpha value is -2.75. The van der Waals surface area contributed by atoms with E-state index in [4.69, 9.17) is 5.73 Å². The number of primary amides is 1. The van der Waals surface area contributed by atoms with Crippen LogP contribution in [0.2, 0.25) is 0 Å². The molecule has 3 aromatic rings. The van der Waals surface area contributed by atoms with Crippen LogP contribution in [0.3, 0.4) is 0 Å². The molecule has 1 atom stereocenters. The largest absolute Gasteiger partial charge is 0.369 e. The zero-order valence-electron chi connectivity index (χ0n) is 16.8. The van der Waals surface area contributed by atoms with Crippen molar-refractivity contribution in [2.45, 2.75) is 45.6 Å². The lowest BCUT2D eigenvalue weighted by Gasteiger charge is -2.30. The van der Waals surface area contributed by atoms with Crippen molar-refractivity contribution < 1.29 is 9.59 Å². The molecule has 30 heavy (non-hydrogen) atoms. The molecule has 2 amide bonds. The van der Waals surface area contributed by atoms with Crippen LogP contribution in [0, 0.1) is 11.8 Å². The van der Waals surface area contributed by atoms with Gasteiger partial charge in [0.1, 0.15) is 17.7 Å². The number of piperidine rings is 1. The number of rotatable bonds is 3. The van der Waals surface area contributed by atoms with Crippen LogP contribution in [0.1, 0.15) is 36.6 Å². The van der Waals surface area contributed by atoms with Crippen molar-refractivity contribution in [1.82, 2.24) is 24.1 Å². The molecule has 0 bridgehead atoms. The Morgan fingerprint density at radius 3 is 2.77 bits per heavy atom. The lowest BCUT2D eigenvalue weighted by Crippen LogP contribution is -2.44. The van der Waals surface area contributed by atoms with Gasteiger partial charge in [0.2, 0.25) is 11.8 Å². The van der Waals surface area contributed by atoms with Gasteiger partial charge in [-0.05, 0) is 43.6 Å². The maximum Gasteiger partial charge on any atom is 0.352 e. The van der Waals surface area contributed by atoms with Crippen LogP contribution in [0.5, 0.6) is 0 Å². The third-order valence-corrected chi connectivity index (χ3v) is 7.58. The van der Waals surface area contributed by atoms with Gasteiger partial charge in [-0.25, -0.2) is 18.9 Å². The quantitative estimate of drug-likeness (QED) is 0.667. The average Bonchev–Trinajstić information content (AvgIpc) is 3.25. The minimum atomic E-state index is -0.358. The fourth-order valence-electron chi connectivity index (χ4n) is 4.61. The van der Waals surface area contributed by atoms with Crippen molar-refractivity contribution in [3.05, 3.63) is 27.3 Å². The molecule has 1 aliphatic heterocycles. The van der Waals surface area contributed by atoms with E-state index in [1.807, 2.05) is 0 Å². The fraction of sp³-hybridized carbons (Fsp3) is 0.550. The van der Waals surface area contributed by atoms with E-state index < -0.39 is 0 Å². The van der Waals surface area contributed by atoms with Gasteiger partial charge in [-0.2, -0.15) is 0 Å². The van der Waals surface area contributed by atoms with Crippen LogP contribution >= 0.6 is 11.3 Å². The molecule has 0 saturated carbocycles. The van der Waals surface area contributed by atoms with Crippen molar-refractivity contribution in [3.63, 3.8) is 0 Å². The zero-order chi connectivity index (χ0) is 21.0. The first-order chi connectivity index (χ1) is 14.4. The zero-order valence-corrected chi connectivity index (χ0v) is 17.7. The van der Waals surface area contributed by atoms with Crippen LogP contribution < -0.4 is 11.4 Å². The number of amides is 2. The van der Waals surface area contributed by atoms with Crippen LogP contribution in [0.15, 0.2) is 11.1 Å². The number of hydrogen-bond acceptors (Lipinski definition) is 6. The van der Waals surface area contributed by atoms with Crippen LogP contribution in [0.4, 0.5) is 0 Å². The first kappa shape index (κ1) is 19.2. The molecule has 0 radical (unpaired) electrons. The molecule has 158 valence electrons. The molecule has 2 N–H and O–H groups in total. The molecule has 4 heterocycles. The van der Waals surface area contributed by atoms with Gasteiger partial charge in [0.05, 0.1) is 5.39 Å². The van der Waals surface area contributed by atoms with Gasteiger partial charge in [-0.15, -0.1) is 16.4 Å². The highest BCUT2D eigenvalue weighted by Crippen LogP contribution is 2.38. The third-order valence-electron chi connectivity index (χ3n) is 6.41. The first-order valence-electron chi connectivity index (χ1n) is 10.4. The molecule has 0 aromatic carbocycles. The van der Waals surface area contributed by atoms with Gasteiger partial charge >= 0.3 is 5.69 Å². The second-order valence-electron chi connectivity index (χ2n) is 8.47. The summed E-state index contributed by atoms with van der Waals surface area (Å²) in [4.78, 5) is 45.3. The third kappa shape index (κ3) is 3.10. The fourth-order valence-corrected chi connectivity index (χ4v) is 5.95. The molecule has 9 nitrogen and oxygen atoms in total. The molecule has 1 aliphatic carbocycles. The van der Waals surface area contributed by atoms with Crippen LogP contribution in [-0.2, 0) is 29.0 Å². The number of nitrogens with zero attached hydrogens (tertiary/aromatic N) is 5. The lowest BCUT2D eigenvalue weighted by atomic mass is 9.89. The normalized spacial score (nSPS) is 20.0. The van der Waals surface area contributed by atoms with E-state index in [1.54, 1.807) is 16.2 Å².